The van der Waals surface area contributed by atoms with E-state index in [0.29, 0.717) is 15.9 Å². The lowest BCUT2D eigenvalue weighted by Gasteiger charge is -2.15. The standard InChI is InChI=1S/C14H13N5OS/c1-18(10-5-3-2-4-6-10)13(20)12-17-19-11(9-7-8-9)15-16-14(19)21-12/h2-6,9H,7-8H2,1H3. The van der Waals surface area contributed by atoms with E-state index < -0.39 is 0 Å². The first-order valence-electron chi connectivity index (χ1n) is 6.79. The molecule has 21 heavy (non-hydrogen) atoms. The van der Waals surface area contributed by atoms with Crippen molar-refractivity contribution in [2.24, 2.45) is 0 Å². The molecule has 1 aromatic carbocycles. The molecule has 4 rings (SSSR count). The molecular formula is C14H13N5OS. The Kier molecular flexibility index (Phi) is 2.75. The highest BCUT2D eigenvalue weighted by Gasteiger charge is 2.31. The van der Waals surface area contributed by atoms with E-state index in [-0.39, 0.29) is 5.91 Å². The molecule has 2 heterocycles. The second kappa shape index (κ2) is 4.63. The molecule has 0 aliphatic heterocycles. The van der Waals surface area contributed by atoms with Gasteiger partial charge in [0, 0.05) is 18.7 Å². The lowest BCUT2D eigenvalue weighted by Crippen LogP contribution is -2.26. The fourth-order valence-corrected chi connectivity index (χ4v) is 3.05. The Morgan fingerprint density at radius 3 is 2.76 bits per heavy atom. The number of fused-ring (bicyclic) bond motifs is 1. The number of rotatable bonds is 3. The summed E-state index contributed by atoms with van der Waals surface area (Å²) < 4.78 is 1.72. The second-order valence-electron chi connectivity index (χ2n) is 5.13. The van der Waals surface area contributed by atoms with Gasteiger partial charge in [0.05, 0.1) is 0 Å². The van der Waals surface area contributed by atoms with Crippen LogP contribution in [0.2, 0.25) is 0 Å². The van der Waals surface area contributed by atoms with Crippen molar-refractivity contribution >= 4 is 27.9 Å². The van der Waals surface area contributed by atoms with Crippen molar-refractivity contribution in [2.45, 2.75) is 18.8 Å². The number of amides is 1. The van der Waals surface area contributed by atoms with Gasteiger partial charge in [-0.05, 0) is 25.0 Å². The van der Waals surface area contributed by atoms with Crippen LogP contribution in [-0.4, -0.2) is 32.8 Å². The van der Waals surface area contributed by atoms with Crippen LogP contribution in [0.15, 0.2) is 30.3 Å². The van der Waals surface area contributed by atoms with Crippen molar-refractivity contribution in [3.8, 4) is 0 Å². The first kappa shape index (κ1) is 12.5. The van der Waals surface area contributed by atoms with Gasteiger partial charge >= 0.3 is 0 Å². The Morgan fingerprint density at radius 1 is 1.29 bits per heavy atom. The molecule has 0 radical (unpaired) electrons. The van der Waals surface area contributed by atoms with Gasteiger partial charge in [-0.1, -0.05) is 29.5 Å². The summed E-state index contributed by atoms with van der Waals surface area (Å²) in [6.07, 6.45) is 2.26. The number of carbonyl (C=O) groups excluding carboxylic acids is 1. The molecule has 0 N–H and O–H groups in total. The molecule has 2 aromatic heterocycles. The maximum absolute atomic E-state index is 12.5. The summed E-state index contributed by atoms with van der Waals surface area (Å²) in [4.78, 5) is 14.8. The van der Waals surface area contributed by atoms with E-state index in [0.717, 1.165) is 24.4 Å². The molecule has 0 bridgehead atoms. The van der Waals surface area contributed by atoms with E-state index in [1.165, 1.54) is 11.3 Å². The summed E-state index contributed by atoms with van der Waals surface area (Å²) >= 11 is 1.28. The number of aromatic nitrogens is 4. The highest BCUT2D eigenvalue weighted by Crippen LogP contribution is 2.39. The summed E-state index contributed by atoms with van der Waals surface area (Å²) in [5.41, 5.74) is 0.843. The van der Waals surface area contributed by atoms with E-state index in [9.17, 15) is 4.79 Å². The maximum Gasteiger partial charge on any atom is 0.288 e. The Bertz CT molecular complexity index is 805. The quantitative estimate of drug-likeness (QED) is 0.744. The highest BCUT2D eigenvalue weighted by atomic mass is 32.1. The van der Waals surface area contributed by atoms with Gasteiger partial charge < -0.3 is 4.90 Å². The minimum absolute atomic E-state index is 0.126. The molecule has 6 nitrogen and oxygen atoms in total. The molecule has 1 aliphatic rings. The largest absolute Gasteiger partial charge is 0.309 e. The van der Waals surface area contributed by atoms with Gasteiger partial charge in [0.25, 0.3) is 5.91 Å². The fraction of sp³-hybridized carbons (Fsp3) is 0.286. The molecule has 7 heteroatoms. The highest BCUT2D eigenvalue weighted by molar-refractivity contribution is 7.18. The zero-order valence-corrected chi connectivity index (χ0v) is 12.2. The topological polar surface area (TPSA) is 63.4 Å². The first-order valence-corrected chi connectivity index (χ1v) is 7.61. The zero-order valence-electron chi connectivity index (χ0n) is 11.4. The smallest absolute Gasteiger partial charge is 0.288 e. The summed E-state index contributed by atoms with van der Waals surface area (Å²) in [5.74, 6) is 1.21. The van der Waals surface area contributed by atoms with E-state index in [1.807, 2.05) is 30.3 Å². The van der Waals surface area contributed by atoms with Crippen LogP contribution in [0.25, 0.3) is 4.96 Å². The Balaban J connectivity index is 1.68. The van der Waals surface area contributed by atoms with Gasteiger partial charge in [-0.3, -0.25) is 4.79 Å². The van der Waals surface area contributed by atoms with Crippen molar-refractivity contribution in [3.05, 3.63) is 41.2 Å². The summed E-state index contributed by atoms with van der Waals surface area (Å²) in [5, 5.41) is 13.1. The molecule has 0 spiro atoms. The normalized spacial score (nSPS) is 14.5. The van der Waals surface area contributed by atoms with Crippen LogP contribution in [0.3, 0.4) is 0 Å². The molecule has 0 unspecified atom stereocenters. The Hall–Kier alpha value is -2.28. The van der Waals surface area contributed by atoms with Crippen LogP contribution in [-0.2, 0) is 0 Å². The fourth-order valence-electron chi connectivity index (χ4n) is 2.23. The van der Waals surface area contributed by atoms with Crippen molar-refractivity contribution in [1.82, 2.24) is 19.8 Å². The molecule has 106 valence electrons. The van der Waals surface area contributed by atoms with E-state index in [4.69, 9.17) is 0 Å². The third-order valence-electron chi connectivity index (χ3n) is 3.59. The average Bonchev–Trinajstić information content (AvgIpc) is 3.15. The number of carbonyl (C=O) groups is 1. The SMILES string of the molecule is CN(C(=O)c1nn2c(C3CC3)nnc2s1)c1ccccc1. The van der Waals surface area contributed by atoms with E-state index in [2.05, 4.69) is 15.3 Å². The molecule has 1 aliphatic carbocycles. The number of hydrogen-bond donors (Lipinski definition) is 0. The predicted octanol–water partition coefficient (Wildman–Crippen LogP) is 2.34. The van der Waals surface area contributed by atoms with Gasteiger partial charge in [-0.15, -0.1) is 15.3 Å². The van der Waals surface area contributed by atoms with Crippen LogP contribution in [0.1, 0.15) is 34.4 Å². The van der Waals surface area contributed by atoms with Crippen LogP contribution in [0.5, 0.6) is 0 Å². The molecule has 0 saturated heterocycles. The number of para-hydroxylation sites is 1. The lowest BCUT2D eigenvalue weighted by atomic mass is 10.3. The molecule has 1 saturated carbocycles. The number of anilines is 1. The number of benzene rings is 1. The van der Waals surface area contributed by atoms with Gasteiger partial charge in [0.2, 0.25) is 9.97 Å². The van der Waals surface area contributed by atoms with Crippen LogP contribution < -0.4 is 4.90 Å². The molecule has 3 aromatic rings. The first-order chi connectivity index (χ1) is 10.2. The predicted molar refractivity (Wildman–Crippen MR) is 79.8 cm³/mol. The molecule has 1 fully saturated rings. The Labute approximate surface area is 125 Å². The van der Waals surface area contributed by atoms with Gasteiger partial charge in [0.15, 0.2) is 5.82 Å². The summed E-state index contributed by atoms with van der Waals surface area (Å²) in [6, 6.07) is 9.53. The summed E-state index contributed by atoms with van der Waals surface area (Å²) in [7, 11) is 1.75. The van der Waals surface area contributed by atoms with Crippen molar-refractivity contribution in [1.29, 1.82) is 0 Å². The van der Waals surface area contributed by atoms with Crippen LogP contribution in [0.4, 0.5) is 5.69 Å². The van der Waals surface area contributed by atoms with Crippen LogP contribution >= 0.6 is 11.3 Å². The van der Waals surface area contributed by atoms with E-state index >= 15 is 0 Å². The third kappa shape index (κ3) is 2.09. The second-order valence-corrected chi connectivity index (χ2v) is 6.09. The van der Waals surface area contributed by atoms with Crippen molar-refractivity contribution in [3.63, 3.8) is 0 Å². The molecular weight excluding hydrogens is 286 g/mol. The molecule has 1 amide bonds. The van der Waals surface area contributed by atoms with Crippen molar-refractivity contribution in [2.75, 3.05) is 11.9 Å². The monoisotopic (exact) mass is 299 g/mol. The van der Waals surface area contributed by atoms with Gasteiger partial charge in [-0.25, -0.2) is 0 Å². The lowest BCUT2D eigenvalue weighted by molar-refractivity contribution is 0.0991. The number of nitrogens with zero attached hydrogens (tertiary/aromatic N) is 5. The number of hydrogen-bond acceptors (Lipinski definition) is 5. The minimum atomic E-state index is -0.126. The third-order valence-corrected chi connectivity index (χ3v) is 4.48. The minimum Gasteiger partial charge on any atom is -0.309 e. The maximum atomic E-state index is 12.5. The van der Waals surface area contributed by atoms with Crippen molar-refractivity contribution < 1.29 is 4.79 Å². The van der Waals surface area contributed by atoms with Gasteiger partial charge in [0.1, 0.15) is 0 Å². The average molecular weight is 299 g/mol. The van der Waals surface area contributed by atoms with Crippen LogP contribution in [0, 0.1) is 0 Å². The summed E-state index contributed by atoms with van der Waals surface area (Å²) in [6.45, 7) is 0. The van der Waals surface area contributed by atoms with E-state index in [1.54, 1.807) is 16.5 Å². The van der Waals surface area contributed by atoms with Gasteiger partial charge in [-0.2, -0.15) is 4.52 Å². The molecule has 0 atom stereocenters. The Morgan fingerprint density at radius 2 is 2.05 bits per heavy atom. The zero-order chi connectivity index (χ0) is 14.4.